The van der Waals surface area contributed by atoms with Crippen LogP contribution in [0.15, 0.2) is 65.8 Å². The lowest BCUT2D eigenvalue weighted by molar-refractivity contribution is -0.154. The molecule has 0 radical (unpaired) electrons. The number of pyridine rings is 1. The Morgan fingerprint density at radius 3 is 2.25 bits per heavy atom. The summed E-state index contributed by atoms with van der Waals surface area (Å²) in [6.07, 6.45) is 2.57. The van der Waals surface area contributed by atoms with Crippen molar-refractivity contribution in [2.24, 2.45) is 5.92 Å². The van der Waals surface area contributed by atoms with E-state index in [4.69, 9.17) is 4.74 Å². The van der Waals surface area contributed by atoms with E-state index in [-0.39, 0.29) is 35.8 Å². The zero-order valence-corrected chi connectivity index (χ0v) is 37.0. The van der Waals surface area contributed by atoms with E-state index in [1.807, 2.05) is 15.9 Å². The maximum atomic E-state index is 15.5. The van der Waals surface area contributed by atoms with E-state index in [1.165, 1.54) is 27.4 Å². The lowest BCUT2D eigenvalue weighted by Gasteiger charge is -2.39. The molecule has 8 rings (SSSR count). The Hall–Kier alpha value is -5.13. The summed E-state index contributed by atoms with van der Waals surface area (Å²) in [5.41, 5.74) is 2.20. The van der Waals surface area contributed by atoms with Gasteiger partial charge in [-0.1, -0.05) is 6.07 Å². The minimum atomic E-state index is -3.72. The van der Waals surface area contributed by atoms with Gasteiger partial charge in [0.1, 0.15) is 24.9 Å². The summed E-state index contributed by atoms with van der Waals surface area (Å²) >= 11 is 0. The predicted molar refractivity (Wildman–Crippen MR) is 235 cm³/mol. The maximum Gasteiger partial charge on any atom is 0.319 e. The number of nitrogens with zero attached hydrogens (tertiary/aromatic N) is 7. The van der Waals surface area contributed by atoms with Gasteiger partial charge < -0.3 is 35.4 Å². The van der Waals surface area contributed by atoms with E-state index >= 15 is 4.39 Å². The van der Waals surface area contributed by atoms with Gasteiger partial charge in [-0.3, -0.25) is 34.5 Å². The van der Waals surface area contributed by atoms with E-state index in [0.717, 1.165) is 24.9 Å². The van der Waals surface area contributed by atoms with Gasteiger partial charge in [0.05, 0.1) is 23.2 Å². The number of halogens is 1. The molecule has 3 unspecified atom stereocenters. The van der Waals surface area contributed by atoms with Gasteiger partial charge in [-0.05, 0) is 73.2 Å². The Kier molecular flexibility index (Phi) is 14.7. The van der Waals surface area contributed by atoms with Crippen molar-refractivity contribution in [2.45, 2.75) is 55.6 Å². The van der Waals surface area contributed by atoms with Crippen molar-refractivity contribution in [2.75, 3.05) is 102 Å². The van der Waals surface area contributed by atoms with E-state index in [9.17, 15) is 37.8 Å². The third-order valence-corrected chi connectivity index (χ3v) is 15.0. The van der Waals surface area contributed by atoms with Gasteiger partial charge in [0, 0.05) is 121 Å². The Balaban J connectivity index is 0.696. The van der Waals surface area contributed by atoms with Crippen LogP contribution in [0.4, 0.5) is 20.6 Å². The number of fused-ring (bicyclic) bond motifs is 1. The number of hydrogen-bond donors (Lipinski definition) is 5. The fourth-order valence-electron chi connectivity index (χ4n) is 9.30. The number of aliphatic hydroxyl groups is 2. The Labute approximate surface area is 377 Å². The molecule has 65 heavy (non-hydrogen) atoms. The molecule has 4 saturated heterocycles. The first-order valence-corrected chi connectivity index (χ1v) is 23.7. The van der Waals surface area contributed by atoms with Gasteiger partial charge in [0.2, 0.25) is 27.7 Å². The number of likely N-dealkylation sites (tertiary alicyclic amines) is 1. The average molecular weight is 921 g/mol. The Bertz CT molecular complexity index is 2290. The van der Waals surface area contributed by atoms with E-state index in [1.54, 1.807) is 36.7 Å². The molecule has 5 aliphatic heterocycles. The second-order valence-corrected chi connectivity index (χ2v) is 19.1. The fraction of sp³-hybridized carbons (Fsp3) is 0.523. The molecule has 19 nitrogen and oxygen atoms in total. The number of ether oxygens (including phenoxy) is 1. The predicted octanol–water partition coefficient (Wildman–Crippen LogP) is 1.03. The molecular formula is C44H57FN10O9S. The zero-order valence-electron chi connectivity index (χ0n) is 36.2. The lowest BCUT2D eigenvalue weighted by atomic mass is 9.96. The van der Waals surface area contributed by atoms with Crippen LogP contribution in [0.3, 0.4) is 0 Å². The van der Waals surface area contributed by atoms with Crippen LogP contribution in [0, 0.1) is 11.7 Å². The normalized spacial score (nSPS) is 23.0. The quantitative estimate of drug-likeness (QED) is 0.113. The molecule has 1 aromatic heterocycles. The number of piperazine rings is 2. The van der Waals surface area contributed by atoms with Gasteiger partial charge in [-0.15, -0.1) is 0 Å². The molecule has 5 N–H and O–H groups in total. The van der Waals surface area contributed by atoms with E-state index in [0.29, 0.717) is 108 Å². The van der Waals surface area contributed by atoms with E-state index in [2.05, 4.69) is 30.7 Å². The van der Waals surface area contributed by atoms with Gasteiger partial charge in [-0.25, -0.2) is 22.5 Å². The smallest absolute Gasteiger partial charge is 0.319 e. The number of anilines is 2. The summed E-state index contributed by atoms with van der Waals surface area (Å²) in [5, 5.41) is 29.8. The van der Waals surface area contributed by atoms with Crippen LogP contribution in [0.5, 0.6) is 0 Å². The first-order chi connectivity index (χ1) is 31.3. The highest BCUT2D eigenvalue weighted by molar-refractivity contribution is 7.89. The molecule has 4 fully saturated rings. The molecule has 6 heterocycles. The van der Waals surface area contributed by atoms with Gasteiger partial charge in [0.15, 0.2) is 0 Å². The van der Waals surface area contributed by atoms with Crippen LogP contribution in [0.1, 0.15) is 54.8 Å². The largest absolute Gasteiger partial charge is 0.374 e. The number of aromatic nitrogens is 1. The molecule has 5 aliphatic rings. The summed E-state index contributed by atoms with van der Waals surface area (Å²) in [4.78, 5) is 63.1. The van der Waals surface area contributed by atoms with Crippen LogP contribution in [-0.2, 0) is 35.7 Å². The van der Waals surface area contributed by atoms with Crippen LogP contribution < -0.4 is 20.9 Å². The van der Waals surface area contributed by atoms with Crippen molar-refractivity contribution in [1.82, 2.24) is 39.5 Å². The highest BCUT2D eigenvalue weighted by Gasteiger charge is 2.46. The summed E-state index contributed by atoms with van der Waals surface area (Å²) in [5.74, 6) is -1.15. The Morgan fingerprint density at radius 1 is 0.877 bits per heavy atom. The summed E-state index contributed by atoms with van der Waals surface area (Å²) in [6.45, 7) is 7.66. The van der Waals surface area contributed by atoms with Crippen LogP contribution in [-0.4, -0.2) is 169 Å². The third kappa shape index (κ3) is 10.9. The standard InChI is InChI=1S/C44H57FN10O9S/c45-36-24-34-35(43(60)55(42(34)59)37-7-8-39(56)49-41(37)58)25-38(36)52-18-14-51(15-19-52)28-30-9-12-53(13-10-30)40(57)29-64-23-22-50-16-20-54(21-17-50)65(62,63)33-5-3-32(4-6-33)48-44(61)47-27-31-2-1-11-46-26-31/h1-6,11,24-26,30,37,42-43,59-60H,7-10,12-23,27-29H2,(H2,47,48,61)(H,49,56,58). The number of sulfonamides is 1. The molecule has 350 valence electrons. The summed E-state index contributed by atoms with van der Waals surface area (Å²) in [6, 6.07) is 11.2. The second-order valence-electron chi connectivity index (χ2n) is 17.2. The topological polar surface area (TPSA) is 221 Å². The lowest BCUT2D eigenvalue weighted by Crippen LogP contribution is -2.52. The molecule has 0 spiro atoms. The number of imide groups is 1. The first kappa shape index (κ1) is 46.4. The average Bonchev–Trinajstić information content (AvgIpc) is 3.54. The molecule has 5 amide bonds. The number of urea groups is 1. The first-order valence-electron chi connectivity index (χ1n) is 22.2. The molecule has 0 aliphatic carbocycles. The molecule has 21 heteroatoms. The highest BCUT2D eigenvalue weighted by atomic mass is 32.2. The van der Waals surface area contributed by atoms with Gasteiger partial charge in [-0.2, -0.15) is 4.31 Å². The maximum absolute atomic E-state index is 15.5. The third-order valence-electron chi connectivity index (χ3n) is 13.1. The molecule has 2 aromatic carbocycles. The minimum Gasteiger partial charge on any atom is -0.374 e. The second kappa shape index (κ2) is 20.6. The fourth-order valence-corrected chi connectivity index (χ4v) is 10.7. The molecule has 3 aromatic rings. The number of rotatable bonds is 14. The molecule has 0 saturated carbocycles. The van der Waals surface area contributed by atoms with Crippen molar-refractivity contribution in [3.05, 3.63) is 83.4 Å². The number of piperidine rings is 2. The number of amides is 5. The van der Waals surface area contributed by atoms with Crippen LogP contribution in [0.2, 0.25) is 0 Å². The van der Waals surface area contributed by atoms with Gasteiger partial charge in [0.25, 0.3) is 0 Å². The van der Waals surface area contributed by atoms with Crippen molar-refractivity contribution >= 4 is 45.2 Å². The number of carbonyl (C=O) groups is 4. The Morgan fingerprint density at radius 2 is 1.57 bits per heavy atom. The SMILES string of the molecule is O=C1CCC(N2C(O)c3cc(F)c(N4CCN(CC5CCN(C(=O)COCCN6CCN(S(=O)(=O)c7ccc(NC(=O)NCc8cccnc8)cc7)CC6)CC5)CC4)cc3C2O)C(=O)N1. The van der Waals surface area contributed by atoms with Crippen molar-refractivity contribution in [3.63, 3.8) is 0 Å². The van der Waals surface area contributed by atoms with Gasteiger partial charge >= 0.3 is 6.03 Å². The number of nitrogens with one attached hydrogen (secondary N) is 3. The molecule has 3 atom stereocenters. The van der Waals surface area contributed by atoms with Crippen molar-refractivity contribution < 1.29 is 46.9 Å². The monoisotopic (exact) mass is 920 g/mol. The summed E-state index contributed by atoms with van der Waals surface area (Å²) in [7, 11) is -3.72. The van der Waals surface area contributed by atoms with Crippen molar-refractivity contribution in [1.29, 1.82) is 0 Å². The number of benzene rings is 2. The van der Waals surface area contributed by atoms with Crippen LogP contribution in [0.25, 0.3) is 0 Å². The number of hydrogen-bond acceptors (Lipinski definition) is 14. The van der Waals surface area contributed by atoms with E-state index < -0.39 is 52.2 Å². The molecule has 0 bridgehead atoms. The van der Waals surface area contributed by atoms with Crippen molar-refractivity contribution in [3.8, 4) is 0 Å². The zero-order chi connectivity index (χ0) is 45.7. The number of carbonyl (C=O) groups excluding carboxylic acids is 4. The number of aliphatic hydroxyl groups excluding tert-OH is 2. The minimum absolute atomic E-state index is 0.0117. The van der Waals surface area contributed by atoms with Crippen LogP contribution >= 0.6 is 0 Å². The summed E-state index contributed by atoms with van der Waals surface area (Å²) < 4.78 is 49.4. The highest BCUT2D eigenvalue weighted by Crippen LogP contribution is 2.44. The molecular weight excluding hydrogens is 864 g/mol.